The van der Waals surface area contributed by atoms with E-state index in [2.05, 4.69) is 5.32 Å². The Morgan fingerprint density at radius 2 is 1.71 bits per heavy atom. The third kappa shape index (κ3) is 4.01. The molecule has 0 fully saturated rings. The summed E-state index contributed by atoms with van der Waals surface area (Å²) in [5, 5.41) is 15.1. The van der Waals surface area contributed by atoms with E-state index in [1.165, 1.54) is 0 Å². The van der Waals surface area contributed by atoms with Crippen molar-refractivity contribution >= 4 is 21.0 Å². The van der Waals surface area contributed by atoms with E-state index in [4.69, 9.17) is 25.0 Å². The molecule has 7 N–H and O–H groups in total. The van der Waals surface area contributed by atoms with Crippen molar-refractivity contribution in [1.82, 2.24) is 5.32 Å². The Balaban J connectivity index is 5.21. The Morgan fingerprint density at radius 1 is 1.29 bits per heavy atom. The van der Waals surface area contributed by atoms with Crippen molar-refractivity contribution in [2.45, 2.75) is 18.4 Å². The molecule has 0 unspecified atom stereocenters. The van der Waals surface area contributed by atoms with Gasteiger partial charge in [0.2, 0.25) is 0 Å². The molecular formula is C6H14N2O7P2. The number of aliphatic hydroxyl groups is 1. The van der Waals surface area contributed by atoms with Crippen molar-refractivity contribution in [3.63, 3.8) is 0 Å². The van der Waals surface area contributed by atoms with Crippen LogP contribution in [0.3, 0.4) is 0 Å². The Bertz CT molecular complexity index is 387. The third-order valence-corrected chi connectivity index (χ3v) is 5.35. The summed E-state index contributed by atoms with van der Waals surface area (Å²) in [6.07, 6.45) is 1.22. The zero-order chi connectivity index (χ0) is 13.9. The summed E-state index contributed by atoms with van der Waals surface area (Å²) >= 11 is 0. The molecule has 0 radical (unpaired) electrons. The van der Waals surface area contributed by atoms with Crippen LogP contribution in [0.4, 0.5) is 0 Å². The van der Waals surface area contributed by atoms with Gasteiger partial charge >= 0.3 is 15.2 Å². The molecule has 17 heavy (non-hydrogen) atoms. The van der Waals surface area contributed by atoms with E-state index in [9.17, 15) is 14.2 Å². The molecule has 0 aliphatic rings. The van der Waals surface area contributed by atoms with Crippen molar-refractivity contribution in [3.8, 4) is 0 Å². The van der Waals surface area contributed by atoms with Crippen molar-refractivity contribution in [2.75, 3.05) is 0 Å². The highest BCUT2D eigenvalue weighted by molar-refractivity contribution is 7.72. The van der Waals surface area contributed by atoms with Crippen molar-refractivity contribution in [2.24, 2.45) is 0 Å². The van der Waals surface area contributed by atoms with E-state index in [1.54, 1.807) is 6.92 Å². The van der Waals surface area contributed by atoms with Crippen LogP contribution in [0.1, 0.15) is 13.3 Å². The first-order valence-corrected chi connectivity index (χ1v) is 7.53. The van der Waals surface area contributed by atoms with E-state index < -0.39 is 20.3 Å². The van der Waals surface area contributed by atoms with Gasteiger partial charge in [-0.1, -0.05) is 6.92 Å². The van der Waals surface area contributed by atoms with Crippen LogP contribution in [0.5, 0.6) is 0 Å². The largest absolute Gasteiger partial charge is 0.373 e. The fourth-order valence-electron chi connectivity index (χ4n) is 0.720. The molecule has 0 aromatic heterocycles. The SMILES string of the molecule is CCC(=N)NC=CC(O)(P(=O)(O)O)P(=O)(O)O. The number of hydrogen-bond acceptors (Lipinski definition) is 4. The van der Waals surface area contributed by atoms with Gasteiger partial charge in [0, 0.05) is 12.6 Å². The Kier molecular flexibility index (Phi) is 5.24. The van der Waals surface area contributed by atoms with Crippen LogP contribution in [0.2, 0.25) is 0 Å². The highest BCUT2D eigenvalue weighted by Gasteiger charge is 2.57. The van der Waals surface area contributed by atoms with Gasteiger partial charge in [0.25, 0.3) is 5.08 Å². The van der Waals surface area contributed by atoms with Gasteiger partial charge < -0.3 is 30.0 Å². The van der Waals surface area contributed by atoms with Crippen LogP contribution >= 0.6 is 15.2 Å². The third-order valence-electron chi connectivity index (χ3n) is 1.78. The van der Waals surface area contributed by atoms with Crippen LogP contribution in [-0.4, -0.2) is 35.6 Å². The molecule has 0 aliphatic carbocycles. The first kappa shape index (κ1) is 16.5. The smallest absolute Gasteiger partial charge is 0.364 e. The van der Waals surface area contributed by atoms with Crippen LogP contribution in [0.25, 0.3) is 0 Å². The van der Waals surface area contributed by atoms with Gasteiger partial charge in [0.1, 0.15) is 0 Å². The topological polar surface area (TPSA) is 171 Å². The molecule has 0 rings (SSSR count). The Labute approximate surface area is 97.0 Å². The molecule has 9 nitrogen and oxygen atoms in total. The van der Waals surface area contributed by atoms with E-state index in [-0.39, 0.29) is 18.3 Å². The van der Waals surface area contributed by atoms with Crippen LogP contribution < -0.4 is 5.32 Å². The summed E-state index contributed by atoms with van der Waals surface area (Å²) in [5.74, 6) is -0.0555. The van der Waals surface area contributed by atoms with Gasteiger partial charge in [-0.2, -0.15) is 0 Å². The molecule has 0 spiro atoms. The molecule has 100 valence electrons. The molecule has 0 bridgehead atoms. The van der Waals surface area contributed by atoms with E-state index >= 15 is 0 Å². The molecule has 0 saturated heterocycles. The number of amidine groups is 1. The first-order valence-electron chi connectivity index (χ1n) is 4.31. The van der Waals surface area contributed by atoms with Gasteiger partial charge in [-0.25, -0.2) is 0 Å². The quantitative estimate of drug-likeness (QED) is 0.201. The molecule has 11 heteroatoms. The average Bonchev–Trinajstić information content (AvgIpc) is 2.13. The molecule has 0 amide bonds. The lowest BCUT2D eigenvalue weighted by molar-refractivity contribution is 0.167. The fraction of sp³-hybridized carbons (Fsp3) is 0.500. The number of nitrogens with one attached hydrogen (secondary N) is 2. The van der Waals surface area contributed by atoms with Gasteiger partial charge in [0.05, 0.1) is 5.84 Å². The molecule has 0 saturated carbocycles. The highest BCUT2D eigenvalue weighted by atomic mass is 31.2. The normalized spacial score (nSPS) is 14.0. The molecule has 0 heterocycles. The minimum atomic E-state index is -5.48. The highest BCUT2D eigenvalue weighted by Crippen LogP contribution is 2.67. The summed E-state index contributed by atoms with van der Waals surface area (Å²) in [7, 11) is -11.0. The Morgan fingerprint density at radius 3 is 2.00 bits per heavy atom. The van der Waals surface area contributed by atoms with Gasteiger partial charge in [-0.05, 0) is 6.08 Å². The summed E-state index contributed by atoms with van der Waals surface area (Å²) in [6.45, 7) is 1.61. The zero-order valence-electron chi connectivity index (χ0n) is 8.81. The maximum Gasteiger partial charge on any atom is 0.373 e. The summed E-state index contributed by atoms with van der Waals surface area (Å²) < 4.78 is 21.7. The van der Waals surface area contributed by atoms with Gasteiger partial charge in [-0.15, -0.1) is 0 Å². The lowest BCUT2D eigenvalue weighted by Gasteiger charge is -2.25. The second kappa shape index (κ2) is 5.41. The maximum atomic E-state index is 10.9. The first-order chi connectivity index (χ1) is 7.45. The summed E-state index contributed by atoms with van der Waals surface area (Å²) in [4.78, 5) is 34.9. The van der Waals surface area contributed by atoms with Gasteiger partial charge in [0.15, 0.2) is 0 Å². The van der Waals surface area contributed by atoms with Gasteiger partial charge in [-0.3, -0.25) is 14.5 Å². The van der Waals surface area contributed by atoms with E-state index in [0.717, 1.165) is 0 Å². The minimum absolute atomic E-state index is 0.0555. The molecule has 0 aromatic rings. The lowest BCUT2D eigenvalue weighted by Crippen LogP contribution is -2.27. The van der Waals surface area contributed by atoms with Crippen molar-refractivity contribution in [1.29, 1.82) is 5.41 Å². The standard InChI is InChI=1S/C6H14N2O7P2/c1-2-5(7)8-4-3-6(9,16(10,11)12)17(13,14)15/h3-4,9H,2H2,1H3,(H2,7,8)(H2,10,11,12)(H2,13,14,15). The second-order valence-corrected chi connectivity index (χ2v) is 6.98. The predicted molar refractivity (Wildman–Crippen MR) is 59.3 cm³/mol. The average molecular weight is 288 g/mol. The van der Waals surface area contributed by atoms with Crippen LogP contribution in [-0.2, 0) is 9.13 Å². The summed E-state index contributed by atoms with van der Waals surface area (Å²) in [6, 6.07) is 0. The summed E-state index contributed by atoms with van der Waals surface area (Å²) in [5.41, 5.74) is 0. The number of rotatable bonds is 5. The Hall–Kier alpha value is -0.530. The molecular weight excluding hydrogens is 274 g/mol. The van der Waals surface area contributed by atoms with Crippen LogP contribution in [0.15, 0.2) is 12.3 Å². The van der Waals surface area contributed by atoms with Crippen molar-refractivity contribution < 1.29 is 33.8 Å². The zero-order valence-corrected chi connectivity index (χ0v) is 10.6. The lowest BCUT2D eigenvalue weighted by atomic mass is 10.4. The monoisotopic (exact) mass is 288 g/mol. The van der Waals surface area contributed by atoms with Crippen LogP contribution in [0, 0.1) is 5.41 Å². The van der Waals surface area contributed by atoms with E-state index in [1.807, 2.05) is 0 Å². The van der Waals surface area contributed by atoms with Crippen molar-refractivity contribution in [3.05, 3.63) is 12.3 Å². The molecule has 0 aliphatic heterocycles. The second-order valence-electron chi connectivity index (χ2n) is 3.09. The predicted octanol–water partition coefficient (Wildman–Crippen LogP) is -0.522. The maximum absolute atomic E-state index is 10.9. The molecule has 0 atom stereocenters. The fourth-order valence-corrected chi connectivity index (χ4v) is 2.62. The van der Waals surface area contributed by atoms with E-state index in [0.29, 0.717) is 6.20 Å². The number of hydrogen-bond donors (Lipinski definition) is 7. The minimum Gasteiger partial charge on any atom is -0.364 e. The molecule has 0 aromatic carbocycles.